The molecule has 0 atom stereocenters. The van der Waals surface area contributed by atoms with E-state index in [2.05, 4.69) is 0 Å². The molecular formula is C17H21NO4. The largest absolute Gasteiger partial charge is 0.490 e. The highest BCUT2D eigenvalue weighted by Gasteiger charge is 2.34. The lowest BCUT2D eigenvalue weighted by molar-refractivity contribution is -0.144. The van der Waals surface area contributed by atoms with Gasteiger partial charge in [0.2, 0.25) is 5.91 Å². The quantitative estimate of drug-likeness (QED) is 0.912. The zero-order valence-electron chi connectivity index (χ0n) is 12.7. The number of amides is 1. The molecule has 0 bridgehead atoms. The molecular weight excluding hydrogens is 282 g/mol. The van der Waals surface area contributed by atoms with Crippen molar-refractivity contribution in [3.8, 4) is 5.75 Å². The summed E-state index contributed by atoms with van der Waals surface area (Å²) in [7, 11) is 0. The number of hydrogen-bond donors (Lipinski definition) is 1. The third-order valence-electron chi connectivity index (χ3n) is 4.67. The normalized spacial score (nSPS) is 24.3. The standard InChI is InChI=1S/C17H21NO4/c1-11-2-7-14-15(10-11)22-9-8-18(14)16(19)12-3-5-13(6-4-12)17(20)21/h2,7,10,12-13H,3-6,8-9H2,1H3,(H,20,21). The van der Waals surface area contributed by atoms with Crippen LogP contribution in [-0.2, 0) is 9.59 Å². The molecule has 1 aromatic rings. The van der Waals surface area contributed by atoms with Crippen molar-refractivity contribution in [3.63, 3.8) is 0 Å². The Bertz CT molecular complexity index is 590. The summed E-state index contributed by atoms with van der Waals surface area (Å²) in [5.74, 6) is -0.222. The van der Waals surface area contributed by atoms with Crippen LogP contribution in [0.3, 0.4) is 0 Å². The summed E-state index contributed by atoms with van der Waals surface area (Å²) in [6, 6.07) is 5.87. The Labute approximate surface area is 129 Å². The molecule has 118 valence electrons. The highest BCUT2D eigenvalue weighted by atomic mass is 16.5. The summed E-state index contributed by atoms with van der Waals surface area (Å²) in [5.41, 5.74) is 1.94. The minimum Gasteiger partial charge on any atom is -0.490 e. The van der Waals surface area contributed by atoms with Gasteiger partial charge in [-0.15, -0.1) is 0 Å². The molecule has 1 aliphatic heterocycles. The van der Waals surface area contributed by atoms with Crippen LogP contribution in [0.5, 0.6) is 5.75 Å². The molecule has 22 heavy (non-hydrogen) atoms. The molecule has 0 aromatic heterocycles. The van der Waals surface area contributed by atoms with Crippen molar-refractivity contribution in [1.82, 2.24) is 0 Å². The summed E-state index contributed by atoms with van der Waals surface area (Å²) < 4.78 is 5.65. The number of carbonyl (C=O) groups is 2. The highest BCUT2D eigenvalue weighted by molar-refractivity contribution is 5.97. The van der Waals surface area contributed by atoms with E-state index in [0.717, 1.165) is 17.0 Å². The van der Waals surface area contributed by atoms with Crippen LogP contribution in [0.4, 0.5) is 5.69 Å². The molecule has 1 amide bonds. The summed E-state index contributed by atoms with van der Waals surface area (Å²) in [5, 5.41) is 9.06. The number of nitrogens with zero attached hydrogens (tertiary/aromatic N) is 1. The first kappa shape index (κ1) is 14.9. The number of aryl methyl sites for hydroxylation is 1. The first-order valence-corrected chi connectivity index (χ1v) is 7.84. The third kappa shape index (κ3) is 2.80. The number of fused-ring (bicyclic) bond motifs is 1. The SMILES string of the molecule is Cc1ccc2c(c1)OCCN2C(=O)C1CCC(C(=O)O)CC1. The van der Waals surface area contributed by atoms with Gasteiger partial charge in [-0.2, -0.15) is 0 Å². The first-order chi connectivity index (χ1) is 10.6. The van der Waals surface area contributed by atoms with E-state index in [4.69, 9.17) is 9.84 Å². The highest BCUT2D eigenvalue weighted by Crippen LogP contribution is 2.36. The lowest BCUT2D eigenvalue weighted by Gasteiger charge is -2.34. The monoisotopic (exact) mass is 303 g/mol. The van der Waals surface area contributed by atoms with E-state index >= 15 is 0 Å². The minimum atomic E-state index is -0.738. The van der Waals surface area contributed by atoms with Gasteiger partial charge >= 0.3 is 5.97 Å². The van der Waals surface area contributed by atoms with Gasteiger partial charge in [0.05, 0.1) is 18.2 Å². The molecule has 1 saturated carbocycles. The molecule has 0 saturated heterocycles. The van der Waals surface area contributed by atoms with E-state index in [0.29, 0.717) is 38.8 Å². The van der Waals surface area contributed by atoms with Crippen LogP contribution in [0.15, 0.2) is 18.2 Å². The van der Waals surface area contributed by atoms with Crippen molar-refractivity contribution in [2.45, 2.75) is 32.6 Å². The number of carbonyl (C=O) groups excluding carboxylic acids is 1. The molecule has 5 heteroatoms. The third-order valence-corrected chi connectivity index (χ3v) is 4.67. The van der Waals surface area contributed by atoms with Crippen molar-refractivity contribution < 1.29 is 19.4 Å². The molecule has 1 aromatic carbocycles. The summed E-state index contributed by atoms with van der Waals surface area (Å²) in [6.07, 6.45) is 2.51. The van der Waals surface area contributed by atoms with E-state index in [-0.39, 0.29) is 17.7 Å². The molecule has 2 aliphatic rings. The Kier molecular flexibility index (Phi) is 4.05. The average molecular weight is 303 g/mol. The summed E-state index contributed by atoms with van der Waals surface area (Å²) >= 11 is 0. The molecule has 0 spiro atoms. The number of aliphatic carboxylic acids is 1. The first-order valence-electron chi connectivity index (χ1n) is 7.84. The maximum absolute atomic E-state index is 12.8. The summed E-state index contributed by atoms with van der Waals surface area (Å²) in [4.78, 5) is 25.6. The van der Waals surface area contributed by atoms with Gasteiger partial charge in [0.15, 0.2) is 0 Å². The lowest BCUT2D eigenvalue weighted by atomic mass is 9.81. The van der Waals surface area contributed by atoms with Crippen LogP contribution >= 0.6 is 0 Å². The second-order valence-electron chi connectivity index (χ2n) is 6.20. The van der Waals surface area contributed by atoms with Gasteiger partial charge < -0.3 is 14.7 Å². The van der Waals surface area contributed by atoms with Gasteiger partial charge in [-0.25, -0.2) is 0 Å². The van der Waals surface area contributed by atoms with E-state index in [1.807, 2.05) is 30.0 Å². The molecule has 3 rings (SSSR count). The Balaban J connectivity index is 1.73. The van der Waals surface area contributed by atoms with Crippen LogP contribution in [-0.4, -0.2) is 30.1 Å². The number of ether oxygens (including phenoxy) is 1. The van der Waals surface area contributed by atoms with Crippen LogP contribution in [0.25, 0.3) is 0 Å². The van der Waals surface area contributed by atoms with Crippen LogP contribution in [0.2, 0.25) is 0 Å². The summed E-state index contributed by atoms with van der Waals surface area (Å²) in [6.45, 7) is 3.07. The van der Waals surface area contributed by atoms with Gasteiger partial charge in [0.1, 0.15) is 12.4 Å². The zero-order chi connectivity index (χ0) is 15.7. The van der Waals surface area contributed by atoms with Crippen LogP contribution in [0, 0.1) is 18.8 Å². The maximum Gasteiger partial charge on any atom is 0.306 e. The van der Waals surface area contributed by atoms with Gasteiger partial charge in [-0.3, -0.25) is 9.59 Å². The number of benzene rings is 1. The van der Waals surface area contributed by atoms with E-state index in [1.165, 1.54) is 0 Å². The molecule has 1 heterocycles. The number of carboxylic acid groups (broad SMARTS) is 1. The Morgan fingerprint density at radius 1 is 1.18 bits per heavy atom. The smallest absolute Gasteiger partial charge is 0.306 e. The molecule has 1 aliphatic carbocycles. The number of rotatable bonds is 2. The van der Waals surface area contributed by atoms with E-state index in [1.54, 1.807) is 0 Å². The zero-order valence-corrected chi connectivity index (χ0v) is 12.7. The fourth-order valence-electron chi connectivity index (χ4n) is 3.36. The molecule has 0 unspecified atom stereocenters. The van der Waals surface area contributed by atoms with Crippen LogP contribution < -0.4 is 9.64 Å². The van der Waals surface area contributed by atoms with Crippen molar-refractivity contribution in [3.05, 3.63) is 23.8 Å². The van der Waals surface area contributed by atoms with E-state index < -0.39 is 5.97 Å². The Morgan fingerprint density at radius 3 is 2.55 bits per heavy atom. The second kappa shape index (κ2) is 5.99. The lowest BCUT2D eigenvalue weighted by Crippen LogP contribution is -2.42. The van der Waals surface area contributed by atoms with Crippen LogP contribution in [0.1, 0.15) is 31.2 Å². The minimum absolute atomic E-state index is 0.0668. The number of anilines is 1. The van der Waals surface area contributed by atoms with Crippen molar-refractivity contribution in [2.24, 2.45) is 11.8 Å². The topological polar surface area (TPSA) is 66.8 Å². The molecule has 0 radical (unpaired) electrons. The van der Waals surface area contributed by atoms with E-state index in [9.17, 15) is 9.59 Å². The maximum atomic E-state index is 12.8. The Hall–Kier alpha value is -2.04. The fraction of sp³-hybridized carbons (Fsp3) is 0.529. The number of hydrogen-bond acceptors (Lipinski definition) is 3. The van der Waals surface area contributed by atoms with Gasteiger partial charge in [-0.05, 0) is 50.3 Å². The average Bonchev–Trinajstić information content (AvgIpc) is 2.53. The Morgan fingerprint density at radius 2 is 1.86 bits per heavy atom. The van der Waals surface area contributed by atoms with Crippen molar-refractivity contribution >= 4 is 17.6 Å². The predicted octanol–water partition coefficient (Wildman–Crippen LogP) is 2.61. The molecule has 5 nitrogen and oxygen atoms in total. The fourth-order valence-corrected chi connectivity index (χ4v) is 3.36. The van der Waals surface area contributed by atoms with Gasteiger partial charge in [0.25, 0.3) is 0 Å². The van der Waals surface area contributed by atoms with Gasteiger partial charge in [0, 0.05) is 5.92 Å². The predicted molar refractivity (Wildman–Crippen MR) is 82.1 cm³/mol. The van der Waals surface area contributed by atoms with Crippen molar-refractivity contribution in [2.75, 3.05) is 18.1 Å². The molecule has 1 N–H and O–H groups in total. The van der Waals surface area contributed by atoms with Gasteiger partial charge in [-0.1, -0.05) is 6.07 Å². The second-order valence-corrected chi connectivity index (χ2v) is 6.20. The number of carboxylic acids is 1. The van der Waals surface area contributed by atoms with Crippen molar-refractivity contribution in [1.29, 1.82) is 0 Å². The molecule has 1 fully saturated rings.